The summed E-state index contributed by atoms with van der Waals surface area (Å²) in [6.07, 6.45) is 3.12. The highest BCUT2D eigenvalue weighted by Gasteiger charge is 2.36. The molecule has 0 radical (unpaired) electrons. The van der Waals surface area contributed by atoms with Gasteiger partial charge in [-0.15, -0.1) is 11.3 Å². The first-order chi connectivity index (χ1) is 8.41. The molecule has 2 atom stereocenters. The molecule has 18 heavy (non-hydrogen) atoms. The van der Waals surface area contributed by atoms with Crippen molar-refractivity contribution in [3.8, 4) is 0 Å². The maximum absolute atomic E-state index is 12.5. The molecule has 2 unspecified atom stereocenters. The smallest absolute Gasteiger partial charge is 0.254 e. The molecule has 1 aliphatic rings. The number of aliphatic hydroxyl groups excluding tert-OH is 1. The molecule has 0 bridgehead atoms. The molecule has 0 aliphatic carbocycles. The Kier molecular flexibility index (Phi) is 4.05. The molecule has 1 N–H and O–H groups in total. The summed E-state index contributed by atoms with van der Waals surface area (Å²) in [6, 6.07) is -0.0857. The van der Waals surface area contributed by atoms with Gasteiger partial charge < -0.3 is 5.11 Å². The van der Waals surface area contributed by atoms with Gasteiger partial charge in [0, 0.05) is 12.6 Å². The van der Waals surface area contributed by atoms with Crippen molar-refractivity contribution >= 4 is 21.4 Å². The Hall–Kier alpha value is -0.500. The zero-order valence-corrected chi connectivity index (χ0v) is 12.2. The quantitative estimate of drug-likeness (QED) is 0.909. The zero-order chi connectivity index (χ0) is 13.3. The van der Waals surface area contributed by atoms with E-state index in [4.69, 9.17) is 0 Å². The van der Waals surface area contributed by atoms with Crippen molar-refractivity contribution < 1.29 is 13.5 Å². The molecule has 0 aromatic carbocycles. The van der Waals surface area contributed by atoms with Gasteiger partial charge in [0.2, 0.25) is 0 Å². The van der Waals surface area contributed by atoms with Gasteiger partial charge >= 0.3 is 0 Å². The maximum atomic E-state index is 12.5. The molecule has 1 saturated heterocycles. The van der Waals surface area contributed by atoms with Crippen LogP contribution >= 0.6 is 11.3 Å². The Balaban J connectivity index is 2.24. The largest absolute Gasteiger partial charge is 0.393 e. The van der Waals surface area contributed by atoms with E-state index in [0.29, 0.717) is 17.2 Å². The summed E-state index contributed by atoms with van der Waals surface area (Å²) in [4.78, 5) is 4.00. The number of aromatic nitrogens is 1. The van der Waals surface area contributed by atoms with E-state index in [1.807, 2.05) is 0 Å². The fourth-order valence-electron chi connectivity index (χ4n) is 2.33. The minimum Gasteiger partial charge on any atom is -0.393 e. The summed E-state index contributed by atoms with van der Waals surface area (Å²) >= 11 is 1.20. The Bertz CT molecular complexity index is 510. The van der Waals surface area contributed by atoms with Gasteiger partial charge in [0.05, 0.1) is 17.3 Å². The molecule has 2 rings (SSSR count). The molecule has 102 valence electrons. The topological polar surface area (TPSA) is 70.5 Å². The summed E-state index contributed by atoms with van der Waals surface area (Å²) in [5, 5.41) is 10.2. The van der Waals surface area contributed by atoms with Gasteiger partial charge in [-0.3, -0.25) is 0 Å². The van der Waals surface area contributed by atoms with Crippen LogP contribution in [0.3, 0.4) is 0 Å². The number of rotatable bonds is 4. The summed E-state index contributed by atoms with van der Waals surface area (Å²) in [5.74, 6) is 0. The lowest BCUT2D eigenvalue weighted by Crippen LogP contribution is -2.36. The van der Waals surface area contributed by atoms with Gasteiger partial charge in [0.15, 0.2) is 4.21 Å². The van der Waals surface area contributed by atoms with Crippen molar-refractivity contribution in [1.29, 1.82) is 0 Å². The molecule has 0 amide bonds. The molecule has 1 aromatic rings. The zero-order valence-electron chi connectivity index (χ0n) is 10.5. The highest BCUT2D eigenvalue weighted by atomic mass is 32.2. The summed E-state index contributed by atoms with van der Waals surface area (Å²) in [7, 11) is -3.43. The Labute approximate surface area is 112 Å². The van der Waals surface area contributed by atoms with Crippen LogP contribution in [0.4, 0.5) is 0 Å². The van der Waals surface area contributed by atoms with E-state index < -0.39 is 16.1 Å². The van der Waals surface area contributed by atoms with Gasteiger partial charge in [-0.25, -0.2) is 13.4 Å². The first-order valence-electron chi connectivity index (χ1n) is 6.03. The summed E-state index contributed by atoms with van der Waals surface area (Å²) in [6.45, 7) is 4.03. The van der Waals surface area contributed by atoms with Gasteiger partial charge in [-0.2, -0.15) is 4.31 Å². The second kappa shape index (κ2) is 5.24. The molecule has 1 aliphatic heterocycles. The second-order valence-electron chi connectivity index (χ2n) is 4.69. The Morgan fingerprint density at radius 3 is 2.94 bits per heavy atom. The molecule has 0 spiro atoms. The van der Waals surface area contributed by atoms with E-state index in [1.165, 1.54) is 21.8 Å². The average Bonchev–Trinajstić information content (AvgIpc) is 2.86. The summed E-state index contributed by atoms with van der Waals surface area (Å²) in [5.41, 5.74) is 0. The lowest BCUT2D eigenvalue weighted by molar-refractivity contribution is 0.158. The van der Waals surface area contributed by atoms with Crippen molar-refractivity contribution in [1.82, 2.24) is 9.29 Å². The molecule has 1 aromatic heterocycles. The fraction of sp³-hybridized carbons (Fsp3) is 0.727. The first kappa shape index (κ1) is 13.9. The normalized spacial score (nSPS) is 23.4. The van der Waals surface area contributed by atoms with Gasteiger partial charge in [-0.05, 0) is 33.1 Å². The third-order valence-corrected chi connectivity index (χ3v) is 6.40. The number of hydrogen-bond donors (Lipinski definition) is 1. The highest BCUT2D eigenvalue weighted by Crippen LogP contribution is 2.30. The number of aryl methyl sites for hydroxylation is 1. The molecular weight excluding hydrogens is 272 g/mol. The Morgan fingerprint density at radius 1 is 1.67 bits per heavy atom. The van der Waals surface area contributed by atoms with E-state index in [9.17, 15) is 13.5 Å². The lowest BCUT2D eigenvalue weighted by atomic mass is 10.1. The van der Waals surface area contributed by atoms with Crippen molar-refractivity contribution in [2.24, 2.45) is 0 Å². The minimum absolute atomic E-state index is 0.0857. The standard InChI is InChI=1S/C11H18N2O3S2/c1-8(14)6-10-4-3-5-13(10)18(15,16)11-7-12-9(2)17-11/h7-8,10,14H,3-6H2,1-2H3. The number of nitrogens with zero attached hydrogens (tertiary/aromatic N) is 2. The van der Waals surface area contributed by atoms with Crippen molar-refractivity contribution in [2.75, 3.05) is 6.54 Å². The lowest BCUT2D eigenvalue weighted by Gasteiger charge is -2.24. The number of hydrogen-bond acceptors (Lipinski definition) is 5. The molecule has 5 nitrogen and oxygen atoms in total. The van der Waals surface area contributed by atoms with Crippen LogP contribution in [0.5, 0.6) is 0 Å². The third kappa shape index (κ3) is 2.74. The molecule has 2 heterocycles. The van der Waals surface area contributed by atoms with Crippen LogP contribution in [0.1, 0.15) is 31.2 Å². The summed E-state index contributed by atoms with van der Waals surface area (Å²) < 4.78 is 26.7. The van der Waals surface area contributed by atoms with E-state index in [-0.39, 0.29) is 6.04 Å². The van der Waals surface area contributed by atoms with Crippen molar-refractivity contribution in [3.05, 3.63) is 11.2 Å². The second-order valence-corrected chi connectivity index (χ2v) is 8.05. The number of sulfonamides is 1. The van der Waals surface area contributed by atoms with Gasteiger partial charge in [0.25, 0.3) is 10.0 Å². The predicted octanol–water partition coefficient (Wildman–Crippen LogP) is 1.38. The Morgan fingerprint density at radius 2 is 2.39 bits per heavy atom. The average molecular weight is 290 g/mol. The van der Waals surface area contributed by atoms with E-state index >= 15 is 0 Å². The van der Waals surface area contributed by atoms with Crippen LogP contribution < -0.4 is 0 Å². The third-order valence-electron chi connectivity index (χ3n) is 3.10. The van der Waals surface area contributed by atoms with Crippen LogP contribution in [0.2, 0.25) is 0 Å². The van der Waals surface area contributed by atoms with E-state index in [2.05, 4.69) is 4.98 Å². The molecule has 7 heteroatoms. The SMILES string of the molecule is Cc1ncc(S(=O)(=O)N2CCCC2CC(C)O)s1. The molecule has 0 saturated carbocycles. The van der Waals surface area contributed by atoms with Gasteiger partial charge in [-0.1, -0.05) is 0 Å². The molecule has 1 fully saturated rings. The van der Waals surface area contributed by atoms with E-state index in [1.54, 1.807) is 13.8 Å². The van der Waals surface area contributed by atoms with Crippen LogP contribution in [-0.4, -0.2) is 41.5 Å². The number of aliphatic hydroxyl groups is 1. The predicted molar refractivity (Wildman–Crippen MR) is 70.1 cm³/mol. The number of thiazole rings is 1. The van der Waals surface area contributed by atoms with Crippen LogP contribution in [-0.2, 0) is 10.0 Å². The van der Waals surface area contributed by atoms with Crippen LogP contribution in [0.15, 0.2) is 10.4 Å². The molecular formula is C11H18N2O3S2. The maximum Gasteiger partial charge on any atom is 0.254 e. The van der Waals surface area contributed by atoms with E-state index in [0.717, 1.165) is 17.8 Å². The monoisotopic (exact) mass is 290 g/mol. The highest BCUT2D eigenvalue weighted by molar-refractivity contribution is 7.91. The van der Waals surface area contributed by atoms with Gasteiger partial charge in [0.1, 0.15) is 0 Å². The first-order valence-corrected chi connectivity index (χ1v) is 8.29. The van der Waals surface area contributed by atoms with Crippen LogP contribution in [0.25, 0.3) is 0 Å². The minimum atomic E-state index is -3.43. The van der Waals surface area contributed by atoms with Crippen LogP contribution in [0, 0.1) is 6.92 Å². The fourth-order valence-corrected chi connectivity index (χ4v) is 5.27. The van der Waals surface area contributed by atoms with Crippen molar-refractivity contribution in [2.45, 2.75) is 49.5 Å². The van der Waals surface area contributed by atoms with Crippen molar-refractivity contribution in [3.63, 3.8) is 0 Å².